The van der Waals surface area contributed by atoms with Crippen LogP contribution in [0, 0.1) is 12.8 Å². The van der Waals surface area contributed by atoms with E-state index in [0.29, 0.717) is 10.3 Å². The van der Waals surface area contributed by atoms with Gasteiger partial charge in [0.25, 0.3) is 0 Å². The molecule has 7 nitrogen and oxygen atoms in total. The number of H-pyrrole nitrogens is 1. The highest BCUT2D eigenvalue weighted by atomic mass is 32.2. The molecule has 3 heterocycles. The molecule has 3 aromatic rings. The molecule has 1 fully saturated rings. The topological polar surface area (TPSA) is 91.8 Å². The third kappa shape index (κ3) is 3.02. The van der Waals surface area contributed by atoms with Crippen LogP contribution in [0.25, 0.3) is 11.0 Å². The Kier molecular flexibility index (Phi) is 3.99. The first-order chi connectivity index (χ1) is 11.9. The highest BCUT2D eigenvalue weighted by Crippen LogP contribution is 2.37. The van der Waals surface area contributed by atoms with Gasteiger partial charge in [-0.2, -0.15) is 0 Å². The van der Waals surface area contributed by atoms with Gasteiger partial charge in [-0.25, -0.2) is 23.4 Å². The van der Waals surface area contributed by atoms with E-state index in [9.17, 15) is 8.42 Å². The van der Waals surface area contributed by atoms with E-state index < -0.39 is 9.84 Å². The molecule has 0 amide bonds. The molecule has 3 aromatic heterocycles. The van der Waals surface area contributed by atoms with Crippen molar-refractivity contribution in [3.63, 3.8) is 0 Å². The van der Waals surface area contributed by atoms with Gasteiger partial charge in [0.05, 0.1) is 22.3 Å². The van der Waals surface area contributed by atoms with Crippen molar-refractivity contribution < 1.29 is 8.42 Å². The van der Waals surface area contributed by atoms with Crippen LogP contribution in [0.3, 0.4) is 0 Å². The lowest BCUT2D eigenvalue weighted by Crippen LogP contribution is -2.45. The molecule has 9 heteroatoms. The highest BCUT2D eigenvalue weighted by Gasteiger charge is 2.36. The van der Waals surface area contributed by atoms with Gasteiger partial charge in [0.15, 0.2) is 9.84 Å². The van der Waals surface area contributed by atoms with Crippen molar-refractivity contribution in [2.45, 2.75) is 30.0 Å². The number of aromatic amines is 1. The molecule has 1 aliphatic carbocycles. The van der Waals surface area contributed by atoms with Crippen LogP contribution in [0.5, 0.6) is 0 Å². The summed E-state index contributed by atoms with van der Waals surface area (Å²) < 4.78 is 25.3. The van der Waals surface area contributed by atoms with Gasteiger partial charge in [-0.15, -0.1) is 11.3 Å². The third-order valence-electron chi connectivity index (χ3n) is 4.79. The summed E-state index contributed by atoms with van der Waals surface area (Å²) in [4.78, 5) is 17.9. The van der Waals surface area contributed by atoms with Gasteiger partial charge in [0.1, 0.15) is 22.0 Å². The van der Waals surface area contributed by atoms with Crippen molar-refractivity contribution in [2.75, 3.05) is 17.7 Å². The van der Waals surface area contributed by atoms with Crippen LogP contribution >= 0.6 is 11.3 Å². The quantitative estimate of drug-likeness (QED) is 0.734. The number of anilines is 1. The highest BCUT2D eigenvalue weighted by molar-refractivity contribution is 7.93. The average Bonchev–Trinajstić information content (AvgIpc) is 3.18. The molecular weight excluding hydrogens is 358 g/mol. The van der Waals surface area contributed by atoms with Gasteiger partial charge in [-0.05, 0) is 31.7 Å². The maximum absolute atomic E-state index is 12.5. The van der Waals surface area contributed by atoms with E-state index in [1.54, 1.807) is 6.33 Å². The number of nitrogens with zero attached hydrogens (tertiary/aromatic N) is 4. The average molecular weight is 377 g/mol. The van der Waals surface area contributed by atoms with Crippen molar-refractivity contribution in [1.82, 2.24) is 19.9 Å². The molecule has 25 heavy (non-hydrogen) atoms. The van der Waals surface area contributed by atoms with Crippen LogP contribution in [-0.2, 0) is 9.84 Å². The first kappa shape index (κ1) is 16.5. The zero-order valence-electron chi connectivity index (χ0n) is 14.0. The lowest BCUT2D eigenvalue weighted by atomic mass is 9.81. The van der Waals surface area contributed by atoms with Crippen molar-refractivity contribution in [3.8, 4) is 0 Å². The van der Waals surface area contributed by atoms with Gasteiger partial charge in [0, 0.05) is 19.3 Å². The smallest absolute Gasteiger partial charge is 0.189 e. The van der Waals surface area contributed by atoms with Crippen LogP contribution in [0.15, 0.2) is 29.0 Å². The number of hydrogen-bond acceptors (Lipinski definition) is 7. The Morgan fingerprint density at radius 3 is 2.84 bits per heavy atom. The van der Waals surface area contributed by atoms with Crippen LogP contribution in [0.4, 0.5) is 5.82 Å². The number of nitrogens with one attached hydrogen (secondary N) is 1. The molecule has 0 aliphatic heterocycles. The molecule has 132 valence electrons. The van der Waals surface area contributed by atoms with E-state index in [1.165, 1.54) is 17.5 Å². The predicted molar refractivity (Wildman–Crippen MR) is 97.7 cm³/mol. The van der Waals surface area contributed by atoms with Crippen molar-refractivity contribution in [2.24, 2.45) is 5.92 Å². The Bertz CT molecular complexity index is 1000. The number of thiazole rings is 1. The molecule has 0 atom stereocenters. The number of hydrogen-bond donors (Lipinski definition) is 1. The summed E-state index contributed by atoms with van der Waals surface area (Å²) in [5.74, 6) is 1.27. The van der Waals surface area contributed by atoms with Crippen LogP contribution in [0.1, 0.15) is 17.8 Å². The molecular formula is C16H19N5O2S2. The molecule has 0 saturated heterocycles. The fourth-order valence-corrected chi connectivity index (χ4v) is 6.19. The molecule has 0 aromatic carbocycles. The van der Waals surface area contributed by atoms with Gasteiger partial charge < -0.3 is 9.88 Å². The van der Waals surface area contributed by atoms with E-state index >= 15 is 0 Å². The molecule has 1 N–H and O–H groups in total. The number of fused-ring (bicyclic) bond motifs is 1. The molecule has 1 saturated carbocycles. The second kappa shape index (κ2) is 6.06. The Morgan fingerprint density at radius 2 is 2.12 bits per heavy atom. The minimum Gasteiger partial charge on any atom is -0.356 e. The molecule has 0 bridgehead atoms. The minimum atomic E-state index is -3.23. The van der Waals surface area contributed by atoms with Crippen LogP contribution in [-0.4, -0.2) is 47.2 Å². The summed E-state index contributed by atoms with van der Waals surface area (Å²) >= 11 is 1.25. The van der Waals surface area contributed by atoms with E-state index in [-0.39, 0.29) is 11.7 Å². The van der Waals surface area contributed by atoms with Crippen molar-refractivity contribution >= 4 is 38.0 Å². The first-order valence-electron chi connectivity index (χ1n) is 8.10. The second-order valence-corrected chi connectivity index (χ2v) is 10.0. The normalized spacial score (nSPS) is 20.6. The monoisotopic (exact) mass is 377 g/mol. The molecule has 0 unspecified atom stereocenters. The summed E-state index contributed by atoms with van der Waals surface area (Å²) in [6, 6.07) is 2.27. The van der Waals surface area contributed by atoms with Crippen molar-refractivity contribution in [1.29, 1.82) is 0 Å². The number of sulfone groups is 1. The van der Waals surface area contributed by atoms with E-state index in [4.69, 9.17) is 0 Å². The summed E-state index contributed by atoms with van der Waals surface area (Å²) in [5.41, 5.74) is 0.816. The molecule has 0 spiro atoms. The summed E-state index contributed by atoms with van der Waals surface area (Å²) in [7, 11) is -1.22. The lowest BCUT2D eigenvalue weighted by molar-refractivity contribution is 0.282. The van der Waals surface area contributed by atoms with E-state index in [2.05, 4.69) is 24.8 Å². The van der Waals surface area contributed by atoms with Gasteiger partial charge in [-0.3, -0.25) is 0 Å². The van der Waals surface area contributed by atoms with E-state index in [0.717, 1.165) is 34.7 Å². The Balaban J connectivity index is 1.43. The summed E-state index contributed by atoms with van der Waals surface area (Å²) in [6.07, 6.45) is 6.58. The Hall–Kier alpha value is -2.00. The first-order valence-corrected chi connectivity index (χ1v) is 10.6. The molecule has 1 aliphatic rings. The lowest BCUT2D eigenvalue weighted by Gasteiger charge is -2.41. The van der Waals surface area contributed by atoms with Gasteiger partial charge >= 0.3 is 0 Å². The maximum atomic E-state index is 12.5. The largest absolute Gasteiger partial charge is 0.356 e. The standard InChI is InChI=1S/C16H19N5O2S2/c1-10-18-7-14(24-10)25(22,23)8-11-5-12(6-11)21(2)16-13-3-4-17-15(13)19-9-20-16/h3-4,7,9,11-12H,5-6,8H2,1-2H3,(H,17,19,20). The number of aromatic nitrogens is 4. The molecule has 0 radical (unpaired) electrons. The zero-order chi connectivity index (χ0) is 17.6. The summed E-state index contributed by atoms with van der Waals surface area (Å²) in [5, 5.41) is 1.77. The maximum Gasteiger partial charge on any atom is 0.189 e. The second-order valence-electron chi connectivity index (χ2n) is 6.52. The van der Waals surface area contributed by atoms with Gasteiger partial charge in [0.2, 0.25) is 0 Å². The SMILES string of the molecule is Cc1ncc(S(=O)(=O)CC2CC(N(C)c3ncnc4[nH]ccc34)C2)s1. The van der Waals surface area contributed by atoms with E-state index in [1.807, 2.05) is 26.2 Å². The van der Waals surface area contributed by atoms with Gasteiger partial charge in [-0.1, -0.05) is 0 Å². The fraction of sp³-hybridized carbons (Fsp3) is 0.438. The number of aryl methyl sites for hydroxylation is 1. The minimum absolute atomic E-state index is 0.184. The summed E-state index contributed by atoms with van der Waals surface area (Å²) in [6.45, 7) is 1.82. The Morgan fingerprint density at radius 1 is 1.32 bits per heavy atom. The van der Waals surface area contributed by atoms with Crippen molar-refractivity contribution in [3.05, 3.63) is 29.8 Å². The predicted octanol–water partition coefficient (Wildman–Crippen LogP) is 2.41. The Labute approximate surface area is 150 Å². The zero-order valence-corrected chi connectivity index (χ0v) is 15.6. The van der Waals surface area contributed by atoms with Crippen LogP contribution in [0.2, 0.25) is 0 Å². The third-order valence-corrected chi connectivity index (χ3v) is 8.14. The molecule has 4 rings (SSSR count). The number of rotatable bonds is 5. The fourth-order valence-electron chi connectivity index (χ4n) is 3.34. The van der Waals surface area contributed by atoms with Crippen LogP contribution < -0.4 is 4.90 Å².